The van der Waals surface area contributed by atoms with Gasteiger partial charge >= 0.3 is 0 Å². The molecular weight excluding hydrogens is 488 g/mol. The molecule has 0 aliphatic carbocycles. The number of anilines is 2. The zero-order valence-corrected chi connectivity index (χ0v) is 18.9. The molecule has 14 heteroatoms. The van der Waals surface area contributed by atoms with Crippen LogP contribution in [0, 0.1) is 0 Å². The Morgan fingerprint density at radius 2 is 0.971 bits per heavy atom. The second-order valence-electron chi connectivity index (χ2n) is 6.77. The average molecular weight is 509 g/mol. The fourth-order valence-electron chi connectivity index (χ4n) is 2.78. The number of carbonyl (C=O) groups excluding carboxylic acids is 2. The van der Waals surface area contributed by atoms with Gasteiger partial charge in [0, 0.05) is 33.6 Å². The van der Waals surface area contributed by atoms with E-state index in [1.807, 2.05) is 0 Å². The van der Waals surface area contributed by atoms with Gasteiger partial charge in [-0.2, -0.15) is 16.8 Å². The van der Waals surface area contributed by atoms with Gasteiger partial charge in [0.15, 0.2) is 0 Å². The topological polar surface area (TPSA) is 247 Å². The number of hydrogen-bond donors (Lipinski definition) is 6. The fraction of sp³-hybridized carbons (Fsp3) is 0. The summed E-state index contributed by atoms with van der Waals surface area (Å²) in [4.78, 5) is 20.1. The van der Waals surface area contributed by atoms with Crippen molar-refractivity contribution in [1.29, 1.82) is 0 Å². The minimum Gasteiger partial charge on any atom is -0.399 e. The van der Waals surface area contributed by atoms with Gasteiger partial charge in [0.25, 0.3) is 20.2 Å². The lowest BCUT2D eigenvalue weighted by Gasteiger charge is -2.12. The fourth-order valence-corrected chi connectivity index (χ4v) is 4.26. The average Bonchev–Trinajstić information content (AvgIpc) is 2.73. The maximum Gasteiger partial charge on any atom is 0.295 e. The number of rotatable bonds is 5. The second kappa shape index (κ2) is 9.88. The smallest absolute Gasteiger partial charge is 0.295 e. The molecule has 12 nitrogen and oxygen atoms in total. The van der Waals surface area contributed by atoms with Crippen molar-refractivity contribution in [3.05, 3.63) is 71.8 Å². The first-order valence-corrected chi connectivity index (χ1v) is 11.9. The van der Waals surface area contributed by atoms with E-state index in [9.17, 15) is 35.5 Å². The van der Waals surface area contributed by atoms with Crippen LogP contribution in [0.25, 0.3) is 11.1 Å². The first-order valence-electron chi connectivity index (χ1n) is 9.05. The van der Waals surface area contributed by atoms with Crippen molar-refractivity contribution in [1.82, 2.24) is 0 Å². The molecule has 3 rings (SSSR count). The van der Waals surface area contributed by atoms with E-state index in [4.69, 9.17) is 22.9 Å². The largest absolute Gasteiger partial charge is 0.399 e. The van der Waals surface area contributed by atoms with Crippen molar-refractivity contribution < 1.29 is 35.5 Å². The molecular formula is C20H20N4O8S2. The SMILES string of the molecule is NC(=O)c1cccc(C(N)=O)c1.Nc1ccc(-c2ccc(N)cc2S(=O)(=O)O)c(S(=O)(=O)O)c1. The van der Waals surface area contributed by atoms with Gasteiger partial charge in [-0.1, -0.05) is 18.2 Å². The Morgan fingerprint density at radius 1 is 0.618 bits per heavy atom. The highest BCUT2D eigenvalue weighted by Crippen LogP contribution is 2.34. The Kier molecular flexibility index (Phi) is 7.64. The quantitative estimate of drug-likeness (QED) is 0.210. The summed E-state index contributed by atoms with van der Waals surface area (Å²) >= 11 is 0. The highest BCUT2D eigenvalue weighted by atomic mass is 32.2. The van der Waals surface area contributed by atoms with Crippen LogP contribution in [0.5, 0.6) is 0 Å². The van der Waals surface area contributed by atoms with Crippen LogP contribution in [0.15, 0.2) is 70.5 Å². The Bertz CT molecular complexity index is 1380. The molecule has 0 saturated carbocycles. The number of hydrogen-bond acceptors (Lipinski definition) is 8. The Labute approximate surface area is 194 Å². The van der Waals surface area contributed by atoms with Gasteiger partial charge in [-0.3, -0.25) is 18.7 Å². The molecule has 0 bridgehead atoms. The zero-order valence-electron chi connectivity index (χ0n) is 17.2. The van der Waals surface area contributed by atoms with Crippen LogP contribution in [0.1, 0.15) is 20.7 Å². The minimum absolute atomic E-state index is 0.0558. The third-order valence-corrected chi connectivity index (χ3v) is 6.08. The summed E-state index contributed by atoms with van der Waals surface area (Å²) in [6.45, 7) is 0. The summed E-state index contributed by atoms with van der Waals surface area (Å²) in [5.74, 6) is -1.14. The molecule has 0 unspecified atom stereocenters. The number of amides is 2. The summed E-state index contributed by atoms with van der Waals surface area (Å²) in [6.07, 6.45) is 0. The lowest BCUT2D eigenvalue weighted by molar-refractivity contribution is 0.0999. The maximum absolute atomic E-state index is 11.5. The van der Waals surface area contributed by atoms with Crippen molar-refractivity contribution in [2.75, 3.05) is 11.5 Å². The number of carbonyl (C=O) groups is 2. The summed E-state index contributed by atoms with van der Waals surface area (Å²) in [5.41, 5.74) is 21.4. The molecule has 0 spiro atoms. The lowest BCUT2D eigenvalue weighted by atomic mass is 10.0. The molecule has 180 valence electrons. The number of primary amides is 2. The zero-order chi connectivity index (χ0) is 25.8. The molecule has 34 heavy (non-hydrogen) atoms. The van der Waals surface area contributed by atoms with Crippen LogP contribution in [0.4, 0.5) is 11.4 Å². The third-order valence-electron chi connectivity index (χ3n) is 4.29. The first-order chi connectivity index (χ1) is 15.6. The molecule has 0 radical (unpaired) electrons. The normalized spacial score (nSPS) is 11.2. The predicted molar refractivity (Wildman–Crippen MR) is 124 cm³/mol. The van der Waals surface area contributed by atoms with Crippen LogP contribution in [0.3, 0.4) is 0 Å². The van der Waals surface area contributed by atoms with E-state index in [0.717, 1.165) is 12.1 Å². The highest BCUT2D eigenvalue weighted by molar-refractivity contribution is 7.86. The monoisotopic (exact) mass is 508 g/mol. The van der Waals surface area contributed by atoms with Crippen molar-refractivity contribution in [3.63, 3.8) is 0 Å². The van der Waals surface area contributed by atoms with Crippen LogP contribution < -0.4 is 22.9 Å². The van der Waals surface area contributed by atoms with Crippen LogP contribution in [0.2, 0.25) is 0 Å². The molecule has 0 saturated heterocycles. The molecule has 0 aromatic heterocycles. The minimum atomic E-state index is -4.66. The molecule has 3 aromatic carbocycles. The number of nitrogen functional groups attached to an aromatic ring is 2. The molecule has 10 N–H and O–H groups in total. The summed E-state index contributed by atoms with van der Waals surface area (Å²) in [6, 6.07) is 13.0. The van der Waals surface area contributed by atoms with E-state index in [1.165, 1.54) is 42.5 Å². The summed E-state index contributed by atoms with van der Waals surface area (Å²) in [5, 5.41) is 0. The predicted octanol–water partition coefficient (Wildman–Crippen LogP) is 0.896. The standard InChI is InChI=1S/C12H12N2O6S2.C8H8N2O2/c13-7-1-3-9(11(5-7)21(15,16)17)10-4-2-8(14)6-12(10)22(18,19)20;9-7(11)5-2-1-3-6(4-5)8(10)12/h1-6H,13-14H2,(H,15,16,17)(H,18,19,20);1-4H,(H2,9,11)(H2,10,12). The summed E-state index contributed by atoms with van der Waals surface area (Å²) < 4.78 is 64.4. The van der Waals surface area contributed by atoms with E-state index in [1.54, 1.807) is 6.07 Å². The van der Waals surface area contributed by atoms with Gasteiger partial charge in [-0.25, -0.2) is 0 Å². The molecule has 0 fully saturated rings. The van der Waals surface area contributed by atoms with Gasteiger partial charge in [0.05, 0.1) is 0 Å². The van der Waals surface area contributed by atoms with E-state index >= 15 is 0 Å². The molecule has 0 heterocycles. The van der Waals surface area contributed by atoms with E-state index in [2.05, 4.69) is 0 Å². The molecule has 3 aromatic rings. The van der Waals surface area contributed by atoms with Crippen molar-refractivity contribution in [3.8, 4) is 11.1 Å². The van der Waals surface area contributed by atoms with Crippen molar-refractivity contribution >= 4 is 43.4 Å². The second-order valence-corrected chi connectivity index (χ2v) is 9.55. The molecule has 2 amide bonds. The molecule has 0 aliphatic rings. The van der Waals surface area contributed by atoms with E-state index in [0.29, 0.717) is 0 Å². The van der Waals surface area contributed by atoms with Crippen LogP contribution in [-0.2, 0) is 20.2 Å². The Morgan fingerprint density at radius 3 is 1.26 bits per heavy atom. The number of nitrogens with two attached hydrogens (primary N) is 4. The van der Waals surface area contributed by atoms with Gasteiger partial charge in [0.1, 0.15) is 9.79 Å². The number of benzene rings is 3. The van der Waals surface area contributed by atoms with Gasteiger partial charge in [0.2, 0.25) is 11.8 Å². The molecule has 0 atom stereocenters. The summed E-state index contributed by atoms with van der Waals surface area (Å²) in [7, 11) is -9.33. The van der Waals surface area contributed by atoms with E-state index < -0.39 is 41.8 Å². The van der Waals surface area contributed by atoms with E-state index in [-0.39, 0.29) is 33.6 Å². The van der Waals surface area contributed by atoms with Gasteiger partial charge < -0.3 is 22.9 Å². The Balaban J connectivity index is 0.000000287. The molecule has 0 aliphatic heterocycles. The maximum atomic E-state index is 11.5. The highest BCUT2D eigenvalue weighted by Gasteiger charge is 2.23. The van der Waals surface area contributed by atoms with Gasteiger partial charge in [-0.15, -0.1) is 0 Å². The lowest BCUT2D eigenvalue weighted by Crippen LogP contribution is -2.14. The third kappa shape index (κ3) is 6.52. The van der Waals surface area contributed by atoms with Crippen LogP contribution in [-0.4, -0.2) is 37.8 Å². The van der Waals surface area contributed by atoms with Crippen molar-refractivity contribution in [2.24, 2.45) is 11.5 Å². The first kappa shape index (κ1) is 26.3. The van der Waals surface area contributed by atoms with Crippen LogP contribution >= 0.6 is 0 Å². The Hall–Kier alpha value is -3.98. The van der Waals surface area contributed by atoms with Gasteiger partial charge in [-0.05, 0) is 42.5 Å². The van der Waals surface area contributed by atoms with Crippen molar-refractivity contribution in [2.45, 2.75) is 9.79 Å².